The molecule has 0 aliphatic carbocycles. The van der Waals surface area contributed by atoms with Crippen LogP contribution in [0.5, 0.6) is 11.5 Å². The summed E-state index contributed by atoms with van der Waals surface area (Å²) in [4.78, 5) is 53.7. The molecule has 0 saturated carbocycles. The number of hydrogen-bond donors (Lipinski definition) is 5. The number of carboxylic acids is 1. The van der Waals surface area contributed by atoms with Gasteiger partial charge < -0.3 is 30.0 Å². The second kappa shape index (κ2) is 14.9. The lowest BCUT2D eigenvalue weighted by molar-refractivity contribution is 0.0520. The summed E-state index contributed by atoms with van der Waals surface area (Å²) in [6.45, 7) is 9.64. The molecular weight excluding hydrogens is 564 g/mol. The first kappa shape index (κ1) is 33.4. The molecule has 2 heterocycles. The van der Waals surface area contributed by atoms with Gasteiger partial charge in [0.15, 0.2) is 0 Å². The zero-order chi connectivity index (χ0) is 32.6. The number of hydrogen-bond acceptors (Lipinski definition) is 7. The Morgan fingerprint density at radius 2 is 1.09 bits per heavy atom. The molecule has 0 spiro atoms. The van der Waals surface area contributed by atoms with Gasteiger partial charge in [-0.3, -0.25) is 9.59 Å². The van der Waals surface area contributed by atoms with Gasteiger partial charge in [-0.1, -0.05) is 88.4 Å². The fourth-order valence-corrected chi connectivity index (χ4v) is 4.80. The number of aromatic hydroxyl groups is 2. The quantitative estimate of drug-likeness (QED) is 0.150. The number of benzene rings is 2. The molecule has 0 aliphatic rings. The fraction of sp³-hybridized carbons (Fsp3) is 0.294. The van der Waals surface area contributed by atoms with Crippen LogP contribution in [0.3, 0.4) is 0 Å². The lowest BCUT2D eigenvalue weighted by atomic mass is 9.98. The Morgan fingerprint density at radius 1 is 0.705 bits per heavy atom. The van der Waals surface area contributed by atoms with Gasteiger partial charge in [0, 0.05) is 11.4 Å². The van der Waals surface area contributed by atoms with E-state index in [2.05, 4.69) is 9.97 Å². The fourth-order valence-electron chi connectivity index (χ4n) is 4.80. The van der Waals surface area contributed by atoms with E-state index in [4.69, 9.17) is 4.74 Å². The molecular formula is C34H38N2O8. The third kappa shape index (κ3) is 7.83. The first-order chi connectivity index (χ1) is 20.9. The number of carboxylic acid groups (broad SMARTS) is 1. The number of carbonyl (C=O) groups is 2. The van der Waals surface area contributed by atoms with Crippen molar-refractivity contribution < 1.29 is 29.6 Å². The number of rotatable bonds is 9. The summed E-state index contributed by atoms with van der Waals surface area (Å²) in [5.74, 6) is -2.32. The average Bonchev–Trinajstić information content (AvgIpc) is 2.93. The molecule has 232 valence electrons. The number of esters is 1. The summed E-state index contributed by atoms with van der Waals surface area (Å²) in [5.41, 5.74) is 0.655. The van der Waals surface area contributed by atoms with E-state index in [0.717, 1.165) is 0 Å². The van der Waals surface area contributed by atoms with E-state index in [1.54, 1.807) is 61.5 Å². The van der Waals surface area contributed by atoms with Gasteiger partial charge in [0.1, 0.15) is 22.6 Å². The van der Waals surface area contributed by atoms with Crippen LogP contribution in [0.2, 0.25) is 0 Å². The summed E-state index contributed by atoms with van der Waals surface area (Å²) in [7, 11) is 0. The standard InChI is InChI=1S/C18H21NO4.C16H17NO4/c1-4-23-18(22)15-13(10-11(2)3)19-17(21)14(16(15)20)12-8-6-5-7-9-12;1-9(2)8-11-13(16(20)21)14(18)12(15(19)17-11)10-6-4-3-5-7-10/h5-9,11H,4,10H2,1-3H3,(H2,19,20,21);3-7,9H,8H2,1-2H3,(H,20,21)(H2,17,18,19). The average molecular weight is 603 g/mol. The SMILES string of the molecule is CC(C)Cc1[nH]c(=O)c(-c2ccccc2)c(O)c1C(=O)O.CCOC(=O)c1c(CC(C)C)[nH]c(=O)c(-c2ccccc2)c1O. The van der Waals surface area contributed by atoms with Crippen LogP contribution in [0.15, 0.2) is 70.3 Å². The molecule has 0 unspecified atom stereocenters. The van der Waals surface area contributed by atoms with Crippen LogP contribution in [0, 0.1) is 11.8 Å². The summed E-state index contributed by atoms with van der Waals surface area (Å²) in [6, 6.07) is 17.3. The third-order valence-electron chi connectivity index (χ3n) is 6.58. The normalized spacial score (nSPS) is 10.8. The largest absolute Gasteiger partial charge is 0.506 e. The minimum absolute atomic E-state index is 0.0134. The number of nitrogens with one attached hydrogen (secondary N) is 2. The summed E-state index contributed by atoms with van der Waals surface area (Å²) in [5, 5.41) is 30.2. The third-order valence-corrected chi connectivity index (χ3v) is 6.58. The van der Waals surface area contributed by atoms with E-state index in [1.165, 1.54) is 0 Å². The van der Waals surface area contributed by atoms with Crippen LogP contribution < -0.4 is 11.1 Å². The van der Waals surface area contributed by atoms with Crippen molar-refractivity contribution in [3.8, 4) is 33.8 Å². The Hall–Kier alpha value is -5.12. The smallest absolute Gasteiger partial charge is 0.343 e. The molecule has 0 bridgehead atoms. The predicted octanol–water partition coefficient (Wildman–Crippen LogP) is 5.77. The van der Waals surface area contributed by atoms with Gasteiger partial charge in [-0.15, -0.1) is 0 Å². The first-order valence-corrected chi connectivity index (χ1v) is 14.3. The van der Waals surface area contributed by atoms with Crippen LogP contribution >= 0.6 is 0 Å². The second-order valence-electron chi connectivity index (χ2n) is 11.0. The van der Waals surface area contributed by atoms with E-state index in [1.807, 2.05) is 33.8 Å². The minimum atomic E-state index is -1.25. The summed E-state index contributed by atoms with van der Waals surface area (Å²) < 4.78 is 5.04. The number of carbonyl (C=O) groups excluding carboxylic acids is 1. The van der Waals surface area contributed by atoms with Gasteiger partial charge in [-0.25, -0.2) is 9.59 Å². The highest BCUT2D eigenvalue weighted by Gasteiger charge is 2.25. The molecule has 10 nitrogen and oxygen atoms in total. The molecule has 0 atom stereocenters. The van der Waals surface area contributed by atoms with Crippen LogP contribution in [0.1, 0.15) is 66.7 Å². The Bertz CT molecular complexity index is 1720. The van der Waals surface area contributed by atoms with Crippen LogP contribution in [-0.2, 0) is 17.6 Å². The highest BCUT2D eigenvalue weighted by molar-refractivity contribution is 5.96. The van der Waals surface area contributed by atoms with Crippen LogP contribution in [-0.4, -0.2) is 43.8 Å². The molecule has 44 heavy (non-hydrogen) atoms. The Balaban J connectivity index is 0.000000241. The van der Waals surface area contributed by atoms with Crippen molar-refractivity contribution in [2.75, 3.05) is 6.61 Å². The van der Waals surface area contributed by atoms with Gasteiger partial charge in [-0.05, 0) is 42.7 Å². The maximum atomic E-state index is 12.4. The van der Waals surface area contributed by atoms with Gasteiger partial charge in [-0.2, -0.15) is 0 Å². The maximum Gasteiger partial charge on any atom is 0.343 e. The molecule has 10 heteroatoms. The summed E-state index contributed by atoms with van der Waals surface area (Å²) in [6.07, 6.45) is 0.839. The monoisotopic (exact) mass is 602 g/mol. The van der Waals surface area contributed by atoms with Crippen LogP contribution in [0.25, 0.3) is 22.3 Å². The number of pyridine rings is 2. The number of aromatic nitrogens is 2. The van der Waals surface area contributed by atoms with Crippen molar-refractivity contribution in [3.05, 3.63) is 104 Å². The number of ether oxygens (including phenoxy) is 1. The predicted molar refractivity (Wildman–Crippen MR) is 168 cm³/mol. The van der Waals surface area contributed by atoms with Crippen molar-refractivity contribution in [3.63, 3.8) is 0 Å². The van der Waals surface area contributed by atoms with E-state index < -0.39 is 28.8 Å². The molecule has 0 radical (unpaired) electrons. The molecule has 2 aromatic carbocycles. The van der Waals surface area contributed by atoms with E-state index >= 15 is 0 Å². The van der Waals surface area contributed by atoms with Crippen molar-refractivity contribution in [2.24, 2.45) is 11.8 Å². The molecule has 0 fully saturated rings. The van der Waals surface area contributed by atoms with Gasteiger partial charge in [0.05, 0.1) is 17.7 Å². The van der Waals surface area contributed by atoms with Gasteiger partial charge in [0.25, 0.3) is 11.1 Å². The zero-order valence-electron chi connectivity index (χ0n) is 25.4. The van der Waals surface area contributed by atoms with E-state index in [9.17, 15) is 34.5 Å². The zero-order valence-corrected chi connectivity index (χ0v) is 25.4. The summed E-state index contributed by atoms with van der Waals surface area (Å²) >= 11 is 0. The van der Waals surface area contributed by atoms with Gasteiger partial charge >= 0.3 is 11.9 Å². The highest BCUT2D eigenvalue weighted by atomic mass is 16.5. The molecule has 0 amide bonds. The number of aromatic carboxylic acids is 1. The van der Waals surface area contributed by atoms with Gasteiger partial charge in [0.2, 0.25) is 0 Å². The van der Waals surface area contributed by atoms with Crippen molar-refractivity contribution in [1.29, 1.82) is 0 Å². The number of aromatic amines is 2. The molecule has 4 aromatic rings. The maximum absolute atomic E-state index is 12.4. The molecule has 0 saturated heterocycles. The van der Waals surface area contributed by atoms with Crippen molar-refractivity contribution in [1.82, 2.24) is 9.97 Å². The Morgan fingerprint density at radius 3 is 1.45 bits per heavy atom. The Kier molecular flexibility index (Phi) is 11.3. The first-order valence-electron chi connectivity index (χ1n) is 14.3. The lowest BCUT2D eigenvalue weighted by Gasteiger charge is -2.15. The van der Waals surface area contributed by atoms with Crippen molar-refractivity contribution >= 4 is 11.9 Å². The number of H-pyrrole nitrogens is 2. The molecule has 4 rings (SSSR count). The van der Waals surface area contributed by atoms with E-state index in [0.29, 0.717) is 29.7 Å². The molecule has 0 aliphatic heterocycles. The van der Waals surface area contributed by atoms with Crippen molar-refractivity contribution in [2.45, 2.75) is 47.5 Å². The minimum Gasteiger partial charge on any atom is -0.506 e. The second-order valence-corrected chi connectivity index (χ2v) is 11.0. The topological polar surface area (TPSA) is 170 Å². The van der Waals surface area contributed by atoms with Crippen LogP contribution in [0.4, 0.5) is 0 Å². The molecule has 5 N–H and O–H groups in total. The van der Waals surface area contributed by atoms with E-state index in [-0.39, 0.29) is 52.1 Å². The highest BCUT2D eigenvalue weighted by Crippen LogP contribution is 2.32. The molecule has 2 aromatic heterocycles. The Labute approximate surface area is 255 Å². The lowest BCUT2D eigenvalue weighted by Crippen LogP contribution is -2.20.